The first kappa shape index (κ1) is 13.5. The molecule has 2 aromatic rings. The Morgan fingerprint density at radius 3 is 2.70 bits per heavy atom. The third-order valence-electron chi connectivity index (χ3n) is 2.63. The van der Waals surface area contributed by atoms with Gasteiger partial charge in [-0.25, -0.2) is 4.39 Å². The van der Waals surface area contributed by atoms with Gasteiger partial charge in [-0.2, -0.15) is 0 Å². The topological polar surface area (TPSA) is 97.4 Å². The van der Waals surface area contributed by atoms with Crippen molar-refractivity contribution in [2.75, 3.05) is 5.32 Å². The molecule has 104 valence electrons. The fourth-order valence-electron chi connectivity index (χ4n) is 1.66. The number of nitrogens with one attached hydrogen (secondary N) is 1. The van der Waals surface area contributed by atoms with Gasteiger partial charge in [0, 0.05) is 19.2 Å². The van der Waals surface area contributed by atoms with Gasteiger partial charge in [-0.05, 0) is 12.1 Å². The molecule has 0 radical (unpaired) electrons. The van der Waals surface area contributed by atoms with E-state index in [4.69, 9.17) is 5.11 Å². The molecule has 0 aliphatic rings. The van der Waals surface area contributed by atoms with Crippen molar-refractivity contribution in [1.29, 1.82) is 0 Å². The third kappa shape index (κ3) is 2.58. The summed E-state index contributed by atoms with van der Waals surface area (Å²) in [5.41, 5.74) is -0.343. The molecule has 8 heteroatoms. The molecule has 0 spiro atoms. The van der Waals surface area contributed by atoms with Gasteiger partial charge in [0.25, 0.3) is 11.6 Å². The number of aryl methyl sites for hydroxylation is 1. The van der Waals surface area contributed by atoms with Crippen LogP contribution in [0.5, 0.6) is 5.75 Å². The number of benzene rings is 1. The molecule has 7 nitrogen and oxygen atoms in total. The number of carbonyl (C=O) groups is 1. The number of phenols is 1. The zero-order valence-corrected chi connectivity index (χ0v) is 10.3. The second-order valence-corrected chi connectivity index (χ2v) is 4.07. The summed E-state index contributed by atoms with van der Waals surface area (Å²) in [6, 6.07) is 4.35. The Balaban J connectivity index is 2.26. The van der Waals surface area contributed by atoms with Crippen LogP contribution in [0.15, 0.2) is 30.5 Å². The molecule has 1 aromatic heterocycles. The van der Waals surface area contributed by atoms with Crippen LogP contribution in [0.2, 0.25) is 0 Å². The van der Waals surface area contributed by atoms with Crippen molar-refractivity contribution < 1.29 is 19.2 Å². The fraction of sp³-hybridized carbons (Fsp3) is 0.0833. The van der Waals surface area contributed by atoms with Crippen LogP contribution < -0.4 is 5.32 Å². The van der Waals surface area contributed by atoms with E-state index in [0.717, 1.165) is 12.1 Å². The Morgan fingerprint density at radius 1 is 1.45 bits per heavy atom. The van der Waals surface area contributed by atoms with Crippen molar-refractivity contribution >= 4 is 17.3 Å². The molecule has 0 unspecified atom stereocenters. The zero-order valence-electron chi connectivity index (χ0n) is 10.3. The summed E-state index contributed by atoms with van der Waals surface area (Å²) < 4.78 is 14.7. The SMILES string of the molecule is Cn1cc([N+](=O)[O-])cc1C(=O)Nc1ccc(O)cc1F. The Labute approximate surface area is 112 Å². The van der Waals surface area contributed by atoms with E-state index in [2.05, 4.69) is 5.32 Å². The molecule has 20 heavy (non-hydrogen) atoms. The van der Waals surface area contributed by atoms with Crippen LogP contribution in [0.25, 0.3) is 0 Å². The van der Waals surface area contributed by atoms with E-state index in [9.17, 15) is 19.3 Å². The number of halogens is 1. The Morgan fingerprint density at radius 2 is 2.15 bits per heavy atom. The maximum absolute atomic E-state index is 13.5. The number of aromatic hydroxyl groups is 1. The molecule has 2 N–H and O–H groups in total. The molecular formula is C12H10FN3O4. The Hall–Kier alpha value is -2.90. The zero-order chi connectivity index (χ0) is 14.9. The predicted octanol–water partition coefficient (Wildman–Crippen LogP) is 2.03. The monoisotopic (exact) mass is 279 g/mol. The molecular weight excluding hydrogens is 269 g/mol. The van der Waals surface area contributed by atoms with E-state index in [0.29, 0.717) is 0 Å². The van der Waals surface area contributed by atoms with Crippen LogP contribution in [0, 0.1) is 15.9 Å². The van der Waals surface area contributed by atoms with Crippen LogP contribution in [-0.2, 0) is 7.05 Å². The number of anilines is 1. The van der Waals surface area contributed by atoms with Crippen LogP contribution in [0.3, 0.4) is 0 Å². The maximum Gasteiger partial charge on any atom is 0.287 e. The van der Waals surface area contributed by atoms with Crippen LogP contribution in [-0.4, -0.2) is 20.5 Å². The third-order valence-corrected chi connectivity index (χ3v) is 2.63. The number of nitrogens with zero attached hydrogens (tertiary/aromatic N) is 2. The predicted molar refractivity (Wildman–Crippen MR) is 68.1 cm³/mol. The summed E-state index contributed by atoms with van der Waals surface area (Å²) in [4.78, 5) is 21.9. The minimum absolute atomic E-state index is 0.0178. The summed E-state index contributed by atoms with van der Waals surface area (Å²) in [5.74, 6) is -1.76. The Kier molecular flexibility index (Phi) is 3.38. The van der Waals surface area contributed by atoms with Gasteiger partial charge in [0.05, 0.1) is 16.8 Å². The lowest BCUT2D eigenvalue weighted by molar-refractivity contribution is -0.384. The van der Waals surface area contributed by atoms with E-state index in [1.807, 2.05) is 0 Å². The first-order valence-electron chi connectivity index (χ1n) is 5.49. The average Bonchev–Trinajstić information content (AvgIpc) is 2.75. The summed E-state index contributed by atoms with van der Waals surface area (Å²) in [7, 11) is 1.47. The highest BCUT2D eigenvalue weighted by Crippen LogP contribution is 2.21. The quantitative estimate of drug-likeness (QED) is 0.510. The summed E-state index contributed by atoms with van der Waals surface area (Å²) in [5, 5.41) is 22.0. The molecule has 0 atom stereocenters. The van der Waals surface area contributed by atoms with Crippen molar-refractivity contribution in [3.05, 3.63) is 52.1 Å². The van der Waals surface area contributed by atoms with E-state index < -0.39 is 16.6 Å². The van der Waals surface area contributed by atoms with Gasteiger partial charge in [-0.15, -0.1) is 0 Å². The lowest BCUT2D eigenvalue weighted by Gasteiger charge is -2.06. The van der Waals surface area contributed by atoms with Gasteiger partial charge >= 0.3 is 0 Å². The number of aromatic nitrogens is 1. The smallest absolute Gasteiger partial charge is 0.287 e. The second-order valence-electron chi connectivity index (χ2n) is 4.07. The number of carbonyl (C=O) groups excluding carboxylic acids is 1. The average molecular weight is 279 g/mol. The van der Waals surface area contributed by atoms with E-state index in [-0.39, 0.29) is 22.8 Å². The van der Waals surface area contributed by atoms with Crippen molar-refractivity contribution in [2.24, 2.45) is 7.05 Å². The number of rotatable bonds is 3. The number of nitro groups is 1. The molecule has 0 saturated heterocycles. The van der Waals surface area contributed by atoms with Crippen molar-refractivity contribution in [3.63, 3.8) is 0 Å². The molecule has 1 heterocycles. The van der Waals surface area contributed by atoms with Crippen LogP contribution >= 0.6 is 0 Å². The normalized spacial score (nSPS) is 10.3. The minimum atomic E-state index is -0.804. The van der Waals surface area contributed by atoms with Gasteiger partial charge < -0.3 is 15.0 Å². The molecule has 0 bridgehead atoms. The van der Waals surface area contributed by atoms with Gasteiger partial charge in [0.1, 0.15) is 17.3 Å². The molecule has 0 saturated carbocycles. The van der Waals surface area contributed by atoms with Gasteiger partial charge in [0.2, 0.25) is 0 Å². The minimum Gasteiger partial charge on any atom is -0.508 e. The van der Waals surface area contributed by atoms with E-state index in [1.54, 1.807) is 0 Å². The largest absolute Gasteiger partial charge is 0.508 e. The lowest BCUT2D eigenvalue weighted by atomic mass is 10.2. The van der Waals surface area contributed by atoms with Crippen molar-refractivity contribution in [1.82, 2.24) is 4.57 Å². The van der Waals surface area contributed by atoms with Gasteiger partial charge in [0.15, 0.2) is 0 Å². The first-order chi connectivity index (χ1) is 9.38. The molecule has 1 aromatic carbocycles. The molecule has 0 aliphatic carbocycles. The van der Waals surface area contributed by atoms with Crippen LogP contribution in [0.4, 0.5) is 15.8 Å². The Bertz CT molecular complexity index is 696. The highest BCUT2D eigenvalue weighted by atomic mass is 19.1. The summed E-state index contributed by atoms with van der Waals surface area (Å²) in [6.45, 7) is 0. The molecule has 1 amide bonds. The summed E-state index contributed by atoms with van der Waals surface area (Å²) >= 11 is 0. The van der Waals surface area contributed by atoms with E-state index >= 15 is 0 Å². The summed E-state index contributed by atoms with van der Waals surface area (Å²) in [6.07, 6.45) is 1.18. The highest BCUT2D eigenvalue weighted by molar-refractivity contribution is 6.03. The van der Waals surface area contributed by atoms with E-state index in [1.165, 1.54) is 29.9 Å². The molecule has 0 fully saturated rings. The standard InChI is InChI=1S/C12H10FN3O4/c1-15-6-7(16(19)20)4-11(15)12(18)14-10-3-2-8(17)5-9(10)13/h2-6,17H,1H3,(H,14,18). The van der Waals surface area contributed by atoms with Gasteiger partial charge in [-0.1, -0.05) is 0 Å². The number of hydrogen-bond acceptors (Lipinski definition) is 4. The first-order valence-corrected chi connectivity index (χ1v) is 5.49. The molecule has 2 rings (SSSR count). The second kappa shape index (κ2) is 5.00. The highest BCUT2D eigenvalue weighted by Gasteiger charge is 2.18. The number of hydrogen-bond donors (Lipinski definition) is 2. The number of phenolic OH excluding ortho intramolecular Hbond substituents is 1. The van der Waals surface area contributed by atoms with Crippen LogP contribution in [0.1, 0.15) is 10.5 Å². The lowest BCUT2D eigenvalue weighted by Crippen LogP contribution is -2.16. The fourth-order valence-corrected chi connectivity index (χ4v) is 1.66. The number of amides is 1. The van der Waals surface area contributed by atoms with Crippen molar-refractivity contribution in [2.45, 2.75) is 0 Å². The van der Waals surface area contributed by atoms with Gasteiger partial charge in [-0.3, -0.25) is 14.9 Å². The van der Waals surface area contributed by atoms with Crippen molar-refractivity contribution in [3.8, 4) is 5.75 Å². The molecule has 0 aliphatic heterocycles. The maximum atomic E-state index is 13.5.